The number of ether oxygens (including phenoxy) is 1. The lowest BCUT2D eigenvalue weighted by atomic mass is 10.0. The molecule has 0 aliphatic heterocycles. The highest BCUT2D eigenvalue weighted by Gasteiger charge is 2.34. The standard InChI is InChI=1S/C36H41N3O5S/c1-27(2)24-37-36(41)34(23-29-13-7-5-8-14-29)38(25-30-15-11-12-28(3)22-30)35(40)26-39(31-16-9-6-10-17-31)45(42,43)33-20-18-32(44-4)19-21-33/h5-22,27,34H,23-26H2,1-4H3,(H,37,41)/t34-/m0/s1. The number of nitrogens with one attached hydrogen (secondary N) is 1. The molecule has 0 spiro atoms. The van der Waals surface area contributed by atoms with Crippen LogP contribution in [0.3, 0.4) is 0 Å². The quantitative estimate of drug-likeness (QED) is 0.196. The highest BCUT2D eigenvalue weighted by Crippen LogP contribution is 2.26. The number of carbonyl (C=O) groups excluding carboxylic acids is 2. The largest absolute Gasteiger partial charge is 0.497 e. The van der Waals surface area contributed by atoms with Crippen molar-refractivity contribution in [2.45, 2.75) is 44.7 Å². The predicted molar refractivity (Wildman–Crippen MR) is 177 cm³/mol. The molecule has 2 amide bonds. The Balaban J connectivity index is 1.78. The number of benzene rings is 4. The van der Waals surface area contributed by atoms with Gasteiger partial charge in [-0.1, -0.05) is 92.2 Å². The van der Waals surface area contributed by atoms with Gasteiger partial charge < -0.3 is 15.0 Å². The number of amides is 2. The van der Waals surface area contributed by atoms with E-state index in [2.05, 4.69) is 5.32 Å². The topological polar surface area (TPSA) is 96.0 Å². The normalized spacial score (nSPS) is 11.9. The second-order valence-electron chi connectivity index (χ2n) is 11.4. The zero-order chi connectivity index (χ0) is 32.4. The number of rotatable bonds is 14. The van der Waals surface area contributed by atoms with Crippen LogP contribution in [0.1, 0.15) is 30.5 Å². The maximum Gasteiger partial charge on any atom is 0.264 e. The Kier molecular flexibility index (Phi) is 11.4. The van der Waals surface area contributed by atoms with Crippen LogP contribution in [-0.4, -0.2) is 51.4 Å². The van der Waals surface area contributed by atoms with Gasteiger partial charge in [0.2, 0.25) is 11.8 Å². The molecular formula is C36H41N3O5S. The van der Waals surface area contributed by atoms with E-state index in [9.17, 15) is 18.0 Å². The fraction of sp³-hybridized carbons (Fsp3) is 0.278. The molecular weight excluding hydrogens is 586 g/mol. The molecule has 8 nitrogen and oxygen atoms in total. The van der Waals surface area contributed by atoms with Crippen molar-refractivity contribution in [2.75, 3.05) is 24.5 Å². The van der Waals surface area contributed by atoms with Gasteiger partial charge in [-0.25, -0.2) is 8.42 Å². The van der Waals surface area contributed by atoms with Gasteiger partial charge in [-0.3, -0.25) is 13.9 Å². The number of carbonyl (C=O) groups is 2. The fourth-order valence-electron chi connectivity index (χ4n) is 4.98. The highest BCUT2D eigenvalue weighted by atomic mass is 32.2. The molecule has 0 bridgehead atoms. The third-order valence-corrected chi connectivity index (χ3v) is 9.15. The number of hydrogen-bond donors (Lipinski definition) is 1. The average Bonchev–Trinajstić information content (AvgIpc) is 3.04. The number of para-hydroxylation sites is 1. The van der Waals surface area contributed by atoms with Gasteiger partial charge in [0.25, 0.3) is 10.0 Å². The zero-order valence-electron chi connectivity index (χ0n) is 26.2. The number of aryl methyl sites for hydroxylation is 1. The number of nitrogens with zero attached hydrogens (tertiary/aromatic N) is 2. The Morgan fingerprint density at radius 2 is 1.44 bits per heavy atom. The first-order valence-electron chi connectivity index (χ1n) is 15.0. The molecule has 236 valence electrons. The maximum absolute atomic E-state index is 14.5. The maximum atomic E-state index is 14.5. The summed E-state index contributed by atoms with van der Waals surface area (Å²) < 4.78 is 34.5. The van der Waals surface area contributed by atoms with Crippen LogP contribution in [0.2, 0.25) is 0 Å². The van der Waals surface area contributed by atoms with E-state index in [1.165, 1.54) is 24.1 Å². The van der Waals surface area contributed by atoms with Crippen molar-refractivity contribution in [1.29, 1.82) is 0 Å². The Morgan fingerprint density at radius 1 is 0.822 bits per heavy atom. The van der Waals surface area contributed by atoms with Gasteiger partial charge in [-0.15, -0.1) is 0 Å². The molecule has 0 aromatic heterocycles. The molecule has 4 rings (SSSR count). The van der Waals surface area contributed by atoms with E-state index in [0.717, 1.165) is 21.0 Å². The first-order valence-corrected chi connectivity index (χ1v) is 16.4. The molecule has 1 atom stereocenters. The van der Waals surface area contributed by atoms with E-state index in [-0.39, 0.29) is 29.7 Å². The Bertz CT molecular complexity index is 1660. The molecule has 0 unspecified atom stereocenters. The van der Waals surface area contributed by atoms with Crippen molar-refractivity contribution >= 4 is 27.5 Å². The van der Waals surface area contributed by atoms with Gasteiger partial charge in [0.1, 0.15) is 18.3 Å². The minimum absolute atomic E-state index is 0.0145. The molecule has 0 heterocycles. The lowest BCUT2D eigenvalue weighted by Gasteiger charge is -2.34. The van der Waals surface area contributed by atoms with E-state index in [0.29, 0.717) is 18.0 Å². The number of methoxy groups -OCH3 is 1. The Hall–Kier alpha value is -4.63. The molecule has 0 saturated heterocycles. The summed E-state index contributed by atoms with van der Waals surface area (Å²) in [5.74, 6) is -0.0804. The fourth-order valence-corrected chi connectivity index (χ4v) is 6.40. The zero-order valence-corrected chi connectivity index (χ0v) is 27.0. The second-order valence-corrected chi connectivity index (χ2v) is 13.2. The third-order valence-electron chi connectivity index (χ3n) is 7.36. The number of hydrogen-bond acceptors (Lipinski definition) is 5. The molecule has 0 saturated carbocycles. The molecule has 0 aliphatic rings. The minimum atomic E-state index is -4.18. The first kappa shape index (κ1) is 33.3. The smallest absolute Gasteiger partial charge is 0.264 e. The molecule has 0 radical (unpaired) electrons. The van der Waals surface area contributed by atoms with Crippen molar-refractivity contribution in [2.24, 2.45) is 5.92 Å². The lowest BCUT2D eigenvalue weighted by Crippen LogP contribution is -2.53. The summed E-state index contributed by atoms with van der Waals surface area (Å²) in [5, 5.41) is 3.01. The van der Waals surface area contributed by atoms with E-state index >= 15 is 0 Å². The van der Waals surface area contributed by atoms with Gasteiger partial charge in [-0.05, 0) is 60.4 Å². The van der Waals surface area contributed by atoms with Crippen molar-refractivity contribution in [3.8, 4) is 5.75 Å². The molecule has 1 N–H and O–H groups in total. The summed E-state index contributed by atoms with van der Waals surface area (Å²) in [6.07, 6.45) is 0.263. The first-order chi connectivity index (χ1) is 21.6. The lowest BCUT2D eigenvalue weighted by molar-refractivity contribution is -0.140. The summed E-state index contributed by atoms with van der Waals surface area (Å²) in [4.78, 5) is 29.9. The SMILES string of the molecule is COc1ccc(S(=O)(=O)N(CC(=O)N(Cc2cccc(C)c2)[C@@H](Cc2ccccc2)C(=O)NCC(C)C)c2ccccc2)cc1. The van der Waals surface area contributed by atoms with Gasteiger partial charge in [0, 0.05) is 19.5 Å². The van der Waals surface area contributed by atoms with E-state index < -0.39 is 28.5 Å². The number of sulfonamides is 1. The van der Waals surface area contributed by atoms with Crippen LogP contribution in [0.5, 0.6) is 5.75 Å². The van der Waals surface area contributed by atoms with Gasteiger partial charge in [0.15, 0.2) is 0 Å². The van der Waals surface area contributed by atoms with E-state index in [1.807, 2.05) is 75.4 Å². The summed E-state index contributed by atoms with van der Waals surface area (Å²) in [7, 11) is -2.68. The molecule has 0 aliphatic carbocycles. The van der Waals surface area contributed by atoms with Crippen LogP contribution in [-0.2, 0) is 32.6 Å². The van der Waals surface area contributed by atoms with Crippen LogP contribution in [0.25, 0.3) is 0 Å². The molecule has 0 fully saturated rings. The Labute approximate surface area is 266 Å². The van der Waals surface area contributed by atoms with Gasteiger partial charge in [0.05, 0.1) is 17.7 Å². The predicted octanol–water partition coefficient (Wildman–Crippen LogP) is 5.61. The van der Waals surface area contributed by atoms with Crippen molar-refractivity contribution in [3.63, 3.8) is 0 Å². The minimum Gasteiger partial charge on any atom is -0.497 e. The van der Waals surface area contributed by atoms with E-state index in [4.69, 9.17) is 4.74 Å². The molecule has 4 aromatic carbocycles. The summed E-state index contributed by atoms with van der Waals surface area (Å²) >= 11 is 0. The van der Waals surface area contributed by atoms with Crippen LogP contribution in [0.15, 0.2) is 114 Å². The Morgan fingerprint density at radius 3 is 2.04 bits per heavy atom. The van der Waals surface area contributed by atoms with Crippen molar-refractivity contribution < 1.29 is 22.7 Å². The number of anilines is 1. The second kappa shape index (κ2) is 15.4. The summed E-state index contributed by atoms with van der Waals surface area (Å²) in [6.45, 7) is 6.03. The van der Waals surface area contributed by atoms with Crippen LogP contribution < -0.4 is 14.4 Å². The average molecular weight is 628 g/mol. The molecule has 4 aromatic rings. The van der Waals surface area contributed by atoms with Crippen molar-refractivity contribution in [3.05, 3.63) is 126 Å². The molecule has 9 heteroatoms. The summed E-state index contributed by atoms with van der Waals surface area (Å²) in [6, 6.07) is 30.9. The third kappa shape index (κ3) is 8.95. The van der Waals surface area contributed by atoms with Crippen molar-refractivity contribution in [1.82, 2.24) is 10.2 Å². The monoisotopic (exact) mass is 627 g/mol. The summed E-state index contributed by atoms with van der Waals surface area (Å²) in [5.41, 5.74) is 3.06. The van der Waals surface area contributed by atoms with Crippen LogP contribution in [0, 0.1) is 12.8 Å². The molecule has 45 heavy (non-hydrogen) atoms. The van der Waals surface area contributed by atoms with Crippen LogP contribution in [0.4, 0.5) is 5.69 Å². The highest BCUT2D eigenvalue weighted by molar-refractivity contribution is 7.92. The van der Waals surface area contributed by atoms with Crippen LogP contribution >= 0.6 is 0 Å². The van der Waals surface area contributed by atoms with Gasteiger partial charge >= 0.3 is 0 Å². The van der Waals surface area contributed by atoms with E-state index in [1.54, 1.807) is 42.5 Å². The van der Waals surface area contributed by atoms with Gasteiger partial charge in [-0.2, -0.15) is 0 Å².